The summed E-state index contributed by atoms with van der Waals surface area (Å²) in [5.74, 6) is -0.212. The van der Waals surface area contributed by atoms with Crippen molar-refractivity contribution in [2.45, 2.75) is 24.9 Å². The van der Waals surface area contributed by atoms with Gasteiger partial charge in [-0.1, -0.05) is 78.9 Å². The van der Waals surface area contributed by atoms with Gasteiger partial charge in [-0.05, 0) is 37.1 Å². The summed E-state index contributed by atoms with van der Waals surface area (Å²) in [5, 5.41) is 0. The summed E-state index contributed by atoms with van der Waals surface area (Å²) in [7, 11) is 0. The molecule has 0 spiro atoms. The van der Waals surface area contributed by atoms with E-state index in [0.29, 0.717) is 24.0 Å². The minimum atomic E-state index is -1.59. The number of hydrogen-bond donors (Lipinski definition) is 0. The molecule has 1 saturated heterocycles. The number of ether oxygens (including phenoxy) is 2. The molecule has 1 aliphatic carbocycles. The zero-order valence-electron chi connectivity index (χ0n) is 20.1. The van der Waals surface area contributed by atoms with Crippen LogP contribution in [0.15, 0.2) is 78.9 Å². The minimum absolute atomic E-state index is 0.165. The van der Waals surface area contributed by atoms with Crippen LogP contribution in [0.4, 0.5) is 0 Å². The number of fused-ring (bicyclic) bond motifs is 3. The molecule has 1 atom stereocenters. The van der Waals surface area contributed by atoms with Crippen molar-refractivity contribution in [3.63, 3.8) is 0 Å². The third-order valence-electron chi connectivity index (χ3n) is 7.21. The third kappa shape index (κ3) is 4.44. The van der Waals surface area contributed by atoms with Gasteiger partial charge in [-0.2, -0.15) is 0 Å². The second kappa shape index (κ2) is 10.5. The van der Waals surface area contributed by atoms with Crippen molar-refractivity contribution in [1.29, 1.82) is 0 Å². The smallest absolute Gasteiger partial charge is 0.360 e. The van der Waals surface area contributed by atoms with Crippen LogP contribution in [0.5, 0.6) is 0 Å². The molecular formula is C30H29NO5. The molecule has 0 saturated carbocycles. The molecule has 184 valence electrons. The van der Waals surface area contributed by atoms with Gasteiger partial charge in [0.2, 0.25) is 0 Å². The van der Waals surface area contributed by atoms with Gasteiger partial charge in [-0.25, -0.2) is 4.79 Å². The first kappa shape index (κ1) is 23.9. The van der Waals surface area contributed by atoms with E-state index in [9.17, 15) is 14.4 Å². The number of carbonyl (C=O) groups is 3. The van der Waals surface area contributed by atoms with Gasteiger partial charge in [0, 0.05) is 35.6 Å². The number of esters is 1. The number of carbonyl (C=O) groups excluding carboxylic acids is 3. The van der Waals surface area contributed by atoms with Crippen LogP contribution in [0.2, 0.25) is 0 Å². The Morgan fingerprint density at radius 2 is 1.56 bits per heavy atom. The van der Waals surface area contributed by atoms with E-state index in [4.69, 9.17) is 9.47 Å². The SMILES string of the molecule is O=COC1(C(=O)OCC2CCN(CCCC(=O)c3ccccc3)C2)c2ccccc2-c2ccccc21. The Morgan fingerprint density at radius 1 is 0.917 bits per heavy atom. The summed E-state index contributed by atoms with van der Waals surface area (Å²) in [5.41, 5.74) is 2.14. The van der Waals surface area contributed by atoms with Crippen LogP contribution in [0.3, 0.4) is 0 Å². The van der Waals surface area contributed by atoms with E-state index >= 15 is 0 Å². The van der Waals surface area contributed by atoms with Gasteiger partial charge in [0.15, 0.2) is 5.78 Å². The fraction of sp³-hybridized carbons (Fsp3) is 0.300. The number of Topliss-reactive ketones (excluding diaryl/α,β-unsaturated/α-hetero) is 1. The third-order valence-corrected chi connectivity index (χ3v) is 7.21. The number of ketones is 1. The number of rotatable bonds is 10. The molecule has 1 heterocycles. The van der Waals surface area contributed by atoms with E-state index < -0.39 is 11.6 Å². The van der Waals surface area contributed by atoms with Crippen molar-refractivity contribution in [2.24, 2.45) is 5.92 Å². The Balaban J connectivity index is 1.19. The molecule has 36 heavy (non-hydrogen) atoms. The minimum Gasteiger partial charge on any atom is -0.462 e. The van der Waals surface area contributed by atoms with Crippen LogP contribution in [0.1, 0.15) is 40.7 Å². The second-order valence-corrected chi connectivity index (χ2v) is 9.43. The second-order valence-electron chi connectivity index (χ2n) is 9.43. The van der Waals surface area contributed by atoms with Crippen LogP contribution in [-0.4, -0.2) is 49.4 Å². The maximum atomic E-state index is 13.5. The van der Waals surface area contributed by atoms with Gasteiger partial charge in [0.1, 0.15) is 0 Å². The van der Waals surface area contributed by atoms with E-state index in [-0.39, 0.29) is 18.3 Å². The summed E-state index contributed by atoms with van der Waals surface area (Å²) in [6.07, 6.45) is 2.23. The predicted molar refractivity (Wildman–Crippen MR) is 135 cm³/mol. The van der Waals surface area contributed by atoms with Gasteiger partial charge >= 0.3 is 5.97 Å². The average Bonchev–Trinajstić information content (AvgIpc) is 3.49. The van der Waals surface area contributed by atoms with Crippen molar-refractivity contribution in [1.82, 2.24) is 4.90 Å². The molecule has 0 bridgehead atoms. The van der Waals surface area contributed by atoms with Crippen LogP contribution in [0.25, 0.3) is 11.1 Å². The zero-order chi connectivity index (χ0) is 25.0. The highest BCUT2D eigenvalue weighted by molar-refractivity contribution is 5.97. The maximum Gasteiger partial charge on any atom is 0.360 e. The normalized spacial score (nSPS) is 17.7. The number of benzene rings is 3. The molecule has 1 unspecified atom stereocenters. The van der Waals surface area contributed by atoms with Gasteiger partial charge in [0.05, 0.1) is 6.61 Å². The molecule has 1 aliphatic heterocycles. The summed E-state index contributed by atoms with van der Waals surface area (Å²) >= 11 is 0. The lowest BCUT2D eigenvalue weighted by atomic mass is 9.91. The Hall–Kier alpha value is -3.77. The molecule has 3 aromatic rings. The number of likely N-dealkylation sites (tertiary alicyclic amines) is 1. The molecule has 0 aromatic heterocycles. The highest BCUT2D eigenvalue weighted by Gasteiger charge is 2.53. The van der Waals surface area contributed by atoms with Crippen LogP contribution in [-0.2, 0) is 24.7 Å². The highest BCUT2D eigenvalue weighted by Crippen LogP contribution is 2.50. The first-order chi connectivity index (χ1) is 17.6. The Labute approximate surface area is 210 Å². The molecule has 0 N–H and O–H groups in total. The molecule has 6 heteroatoms. The number of hydrogen-bond acceptors (Lipinski definition) is 6. The molecule has 2 aliphatic rings. The largest absolute Gasteiger partial charge is 0.462 e. The molecule has 0 amide bonds. The Morgan fingerprint density at radius 3 is 2.22 bits per heavy atom. The van der Waals surface area contributed by atoms with Crippen molar-refractivity contribution in [2.75, 3.05) is 26.2 Å². The summed E-state index contributed by atoms with van der Waals surface area (Å²) in [6.45, 7) is 3.13. The lowest BCUT2D eigenvalue weighted by Crippen LogP contribution is -2.40. The van der Waals surface area contributed by atoms with Gasteiger partial charge in [0.25, 0.3) is 12.1 Å². The standard InChI is InChI=1S/C30H29NO5/c32-21-36-30(26-13-6-4-11-24(26)25-12-5-7-14-27(25)30)29(34)35-20-22-16-18-31(19-22)17-8-15-28(33)23-9-2-1-3-10-23/h1-7,9-14,21-22H,8,15-20H2. The van der Waals surface area contributed by atoms with Crippen LogP contribution in [0, 0.1) is 5.92 Å². The zero-order valence-corrected chi connectivity index (χ0v) is 20.1. The van der Waals surface area contributed by atoms with Gasteiger partial charge in [-0.15, -0.1) is 0 Å². The summed E-state index contributed by atoms with van der Waals surface area (Å²) in [6, 6.07) is 24.3. The van der Waals surface area contributed by atoms with E-state index in [1.54, 1.807) is 0 Å². The average molecular weight is 484 g/mol. The van der Waals surface area contributed by atoms with Crippen molar-refractivity contribution < 1.29 is 23.9 Å². The van der Waals surface area contributed by atoms with E-state index in [1.165, 1.54) is 0 Å². The number of nitrogens with zero attached hydrogens (tertiary/aromatic N) is 1. The lowest BCUT2D eigenvalue weighted by molar-refractivity contribution is -0.172. The van der Waals surface area contributed by atoms with Gasteiger partial charge < -0.3 is 14.4 Å². The fourth-order valence-electron chi connectivity index (χ4n) is 5.44. The fourth-order valence-corrected chi connectivity index (χ4v) is 5.44. The predicted octanol–water partition coefficient (Wildman–Crippen LogP) is 4.61. The molecule has 1 fully saturated rings. The summed E-state index contributed by atoms with van der Waals surface area (Å²) < 4.78 is 11.4. The van der Waals surface area contributed by atoms with Crippen molar-refractivity contribution in [3.8, 4) is 11.1 Å². The Bertz CT molecular complexity index is 1210. The Kier molecular flexibility index (Phi) is 6.96. The van der Waals surface area contributed by atoms with E-state index in [0.717, 1.165) is 49.2 Å². The molecule has 6 nitrogen and oxygen atoms in total. The topological polar surface area (TPSA) is 72.9 Å². The monoisotopic (exact) mass is 483 g/mol. The molecule has 0 radical (unpaired) electrons. The first-order valence-corrected chi connectivity index (χ1v) is 12.4. The highest BCUT2D eigenvalue weighted by atomic mass is 16.6. The van der Waals surface area contributed by atoms with Crippen molar-refractivity contribution >= 4 is 18.2 Å². The van der Waals surface area contributed by atoms with E-state index in [1.807, 2.05) is 78.9 Å². The van der Waals surface area contributed by atoms with Gasteiger partial charge in [-0.3, -0.25) is 9.59 Å². The van der Waals surface area contributed by atoms with Crippen LogP contribution < -0.4 is 0 Å². The van der Waals surface area contributed by atoms with E-state index in [2.05, 4.69) is 4.90 Å². The molecular weight excluding hydrogens is 454 g/mol. The first-order valence-electron chi connectivity index (χ1n) is 12.4. The summed E-state index contributed by atoms with van der Waals surface area (Å²) in [4.78, 5) is 39.8. The molecule has 3 aromatic carbocycles. The van der Waals surface area contributed by atoms with Crippen LogP contribution >= 0.6 is 0 Å². The quantitative estimate of drug-likeness (QED) is 0.238. The lowest BCUT2D eigenvalue weighted by Gasteiger charge is -2.28. The maximum absolute atomic E-state index is 13.5. The molecule has 5 rings (SSSR count). The van der Waals surface area contributed by atoms with Crippen molar-refractivity contribution in [3.05, 3.63) is 95.6 Å².